The lowest BCUT2D eigenvalue weighted by Crippen LogP contribution is -2.28. The molecule has 0 amide bonds. The summed E-state index contributed by atoms with van der Waals surface area (Å²) in [4.78, 5) is 39.2. The van der Waals surface area contributed by atoms with E-state index in [1.165, 1.54) is 102 Å². The van der Waals surface area contributed by atoms with Crippen molar-refractivity contribution < 1.29 is 24.0 Å². The van der Waals surface area contributed by atoms with Crippen molar-refractivity contribution in [3.05, 3.63) is 28.3 Å². The molecule has 0 radical (unpaired) electrons. The van der Waals surface area contributed by atoms with Crippen molar-refractivity contribution >= 4 is 34.3 Å². The Kier molecular flexibility index (Phi) is 35.5. The first-order chi connectivity index (χ1) is 32.2. The smallest absolute Gasteiger partial charge is 0.306 e. The first-order valence-corrected chi connectivity index (χ1v) is 27.7. The maximum atomic E-state index is 12.9. The number of anilines is 1. The molecule has 380 valence electrons. The summed E-state index contributed by atoms with van der Waals surface area (Å²) in [6, 6.07) is 4.89. The van der Waals surface area contributed by atoms with E-state index >= 15 is 0 Å². The van der Waals surface area contributed by atoms with Gasteiger partial charge in [-0.3, -0.25) is 24.4 Å². The number of rotatable bonds is 46. The van der Waals surface area contributed by atoms with Gasteiger partial charge in [-0.25, -0.2) is 0 Å². The number of hydrogen-bond acceptors (Lipinski definition) is 9. The van der Waals surface area contributed by atoms with Gasteiger partial charge in [-0.15, -0.1) is 0 Å². The van der Waals surface area contributed by atoms with Crippen LogP contribution in [0.2, 0.25) is 0 Å². The zero-order chi connectivity index (χ0) is 47.9. The molecule has 1 aromatic heterocycles. The summed E-state index contributed by atoms with van der Waals surface area (Å²) in [5, 5.41) is 20.3. The number of esters is 2. The van der Waals surface area contributed by atoms with E-state index in [9.17, 15) is 19.7 Å². The first kappa shape index (κ1) is 58.9. The van der Waals surface area contributed by atoms with Gasteiger partial charge in [0.2, 0.25) is 0 Å². The number of ether oxygens (including phenoxy) is 2. The molecule has 0 aliphatic heterocycles. The van der Waals surface area contributed by atoms with Gasteiger partial charge in [0.15, 0.2) is 5.82 Å². The van der Waals surface area contributed by atoms with E-state index in [-0.39, 0.29) is 34.8 Å². The molecule has 0 aliphatic carbocycles. The van der Waals surface area contributed by atoms with Crippen LogP contribution in [0.25, 0.3) is 10.9 Å². The van der Waals surface area contributed by atoms with Crippen LogP contribution in [0.15, 0.2) is 18.2 Å². The Labute approximate surface area is 403 Å². The molecule has 2 aromatic rings. The number of unbranched alkanes of at least 4 members (excludes halogenated alkanes) is 23. The highest BCUT2D eigenvalue weighted by atomic mass is 16.6. The number of aryl methyl sites for hydroxylation is 1. The molecule has 1 heterocycles. The summed E-state index contributed by atoms with van der Waals surface area (Å²) < 4.78 is 13.7. The molecule has 1 aromatic carbocycles. The third-order valence-corrected chi connectivity index (χ3v) is 13.4. The SMILES string of the molecule is CCCCCCCCC(CC)OC(=O)CCCCCCCN(CCCCCCCC(=O)OC(CCCCCCCC)CCCCCCCC)CCCNc1nn(C)c2ccc([N+](=O)[O-])cc12. The third kappa shape index (κ3) is 28.9. The zero-order valence-corrected chi connectivity index (χ0v) is 43.2. The van der Waals surface area contributed by atoms with Crippen LogP contribution in [0.4, 0.5) is 11.5 Å². The second-order valence-electron chi connectivity index (χ2n) is 19.4. The molecule has 0 aliphatic rings. The van der Waals surface area contributed by atoms with Crippen molar-refractivity contribution in [3.8, 4) is 0 Å². The minimum absolute atomic E-state index is 0.00228. The first-order valence-electron chi connectivity index (χ1n) is 27.7. The summed E-state index contributed by atoms with van der Waals surface area (Å²) in [5.74, 6) is 0.651. The Morgan fingerprint density at radius 1 is 0.606 bits per heavy atom. The monoisotopic (exact) mass is 926 g/mol. The molecular weight excluding hydrogens is 827 g/mol. The summed E-state index contributed by atoms with van der Waals surface area (Å²) in [6.45, 7) is 12.7. The second kappa shape index (κ2) is 39.8. The molecular formula is C55H99N5O6. The van der Waals surface area contributed by atoms with Gasteiger partial charge in [0, 0.05) is 38.6 Å². The van der Waals surface area contributed by atoms with Gasteiger partial charge in [0.25, 0.3) is 5.69 Å². The van der Waals surface area contributed by atoms with Crippen molar-refractivity contribution in [2.75, 3.05) is 31.5 Å². The van der Waals surface area contributed by atoms with Gasteiger partial charge >= 0.3 is 11.9 Å². The highest BCUT2D eigenvalue weighted by molar-refractivity contribution is 5.91. The van der Waals surface area contributed by atoms with Crippen molar-refractivity contribution in [1.82, 2.24) is 14.7 Å². The van der Waals surface area contributed by atoms with Gasteiger partial charge in [-0.2, -0.15) is 5.10 Å². The minimum atomic E-state index is -0.359. The number of nitrogens with zero attached hydrogens (tertiary/aromatic N) is 4. The van der Waals surface area contributed by atoms with E-state index in [2.05, 4.69) is 43.0 Å². The molecule has 66 heavy (non-hydrogen) atoms. The number of nitro groups is 1. The highest BCUT2D eigenvalue weighted by Gasteiger charge is 2.17. The van der Waals surface area contributed by atoms with E-state index in [0.29, 0.717) is 18.7 Å². The third-order valence-electron chi connectivity index (χ3n) is 13.4. The second-order valence-corrected chi connectivity index (χ2v) is 19.4. The van der Waals surface area contributed by atoms with Gasteiger partial charge < -0.3 is 19.7 Å². The average Bonchev–Trinajstić information content (AvgIpc) is 3.63. The molecule has 1 atom stereocenters. The quantitative estimate of drug-likeness (QED) is 0.0299. The van der Waals surface area contributed by atoms with E-state index < -0.39 is 0 Å². The number of non-ortho nitro benzene ring substituents is 1. The Morgan fingerprint density at radius 2 is 1.03 bits per heavy atom. The molecule has 0 spiro atoms. The van der Waals surface area contributed by atoms with E-state index in [1.54, 1.807) is 16.8 Å². The van der Waals surface area contributed by atoms with Crippen LogP contribution in [0.3, 0.4) is 0 Å². The van der Waals surface area contributed by atoms with Crippen molar-refractivity contribution in [2.24, 2.45) is 7.05 Å². The molecule has 0 bridgehead atoms. The molecule has 2 rings (SSSR count). The normalized spacial score (nSPS) is 12.1. The number of fused-ring (bicyclic) bond motifs is 1. The van der Waals surface area contributed by atoms with Crippen LogP contribution in [0.1, 0.15) is 252 Å². The van der Waals surface area contributed by atoms with Crippen LogP contribution < -0.4 is 5.32 Å². The van der Waals surface area contributed by atoms with Crippen molar-refractivity contribution in [3.63, 3.8) is 0 Å². The van der Waals surface area contributed by atoms with E-state index in [0.717, 1.165) is 153 Å². The minimum Gasteiger partial charge on any atom is -0.462 e. The maximum Gasteiger partial charge on any atom is 0.306 e. The molecule has 1 unspecified atom stereocenters. The number of carbonyl (C=O) groups is 2. The Balaban J connectivity index is 1.77. The molecule has 11 nitrogen and oxygen atoms in total. The van der Waals surface area contributed by atoms with Crippen LogP contribution in [0, 0.1) is 10.1 Å². The molecule has 0 saturated carbocycles. The molecule has 11 heteroatoms. The summed E-state index contributed by atoms with van der Waals surface area (Å²) >= 11 is 0. The van der Waals surface area contributed by atoms with Gasteiger partial charge in [-0.05, 0) is 103 Å². The highest BCUT2D eigenvalue weighted by Crippen LogP contribution is 2.27. The summed E-state index contributed by atoms with van der Waals surface area (Å²) in [6.07, 6.45) is 39.5. The van der Waals surface area contributed by atoms with Crippen LogP contribution >= 0.6 is 0 Å². The molecule has 0 fully saturated rings. The predicted octanol–water partition coefficient (Wildman–Crippen LogP) is 15.8. The standard InChI is InChI=1S/C55H99N5O6/c1-6-10-13-16-21-28-36-49(9-4)65-53(61)39-31-24-19-26-33-44-59(46-35-43-56-55-51-47-48(60(63)64)41-42-52(51)58(5)57-55)45-34-27-20-25-32-40-54(62)66-50(37-29-22-17-14-11-7-2)38-30-23-18-15-12-8-3/h41-42,47,49-50H,6-40,43-46H2,1-5H3,(H,56,57). The Hall–Kier alpha value is -3.21. The topological polar surface area (TPSA) is 129 Å². The van der Waals surface area contributed by atoms with E-state index in [1.807, 2.05) is 7.05 Å². The Morgan fingerprint density at radius 3 is 1.52 bits per heavy atom. The number of aromatic nitrogens is 2. The van der Waals surface area contributed by atoms with Crippen LogP contribution in [-0.2, 0) is 26.1 Å². The van der Waals surface area contributed by atoms with Gasteiger partial charge in [0.05, 0.1) is 15.8 Å². The Bertz CT molecular complexity index is 1500. The fourth-order valence-electron chi connectivity index (χ4n) is 9.17. The van der Waals surface area contributed by atoms with Crippen LogP contribution in [0.5, 0.6) is 0 Å². The molecule has 1 N–H and O–H groups in total. The summed E-state index contributed by atoms with van der Waals surface area (Å²) in [5.41, 5.74) is 0.933. The number of benzene rings is 1. The number of carbonyl (C=O) groups excluding carboxylic acids is 2. The average molecular weight is 926 g/mol. The van der Waals surface area contributed by atoms with Crippen LogP contribution in [-0.4, -0.2) is 69.9 Å². The maximum absolute atomic E-state index is 12.9. The van der Waals surface area contributed by atoms with Crippen molar-refractivity contribution in [2.45, 2.75) is 265 Å². The zero-order valence-electron chi connectivity index (χ0n) is 43.2. The largest absolute Gasteiger partial charge is 0.462 e. The van der Waals surface area contributed by atoms with Gasteiger partial charge in [0.1, 0.15) is 12.2 Å². The van der Waals surface area contributed by atoms with E-state index in [4.69, 9.17) is 9.47 Å². The van der Waals surface area contributed by atoms with Gasteiger partial charge in [-0.1, -0.05) is 163 Å². The lowest BCUT2D eigenvalue weighted by Gasteiger charge is -2.22. The fraction of sp³-hybridized carbons (Fsp3) is 0.836. The lowest BCUT2D eigenvalue weighted by atomic mass is 10.0. The number of hydrogen-bond donors (Lipinski definition) is 1. The predicted molar refractivity (Wildman–Crippen MR) is 276 cm³/mol. The number of nitro benzene ring substituents is 1. The lowest BCUT2D eigenvalue weighted by molar-refractivity contribution is -0.384. The molecule has 0 saturated heterocycles. The van der Waals surface area contributed by atoms with Crippen molar-refractivity contribution in [1.29, 1.82) is 0 Å². The summed E-state index contributed by atoms with van der Waals surface area (Å²) in [7, 11) is 1.86. The fourth-order valence-corrected chi connectivity index (χ4v) is 9.17. The number of nitrogens with one attached hydrogen (secondary N) is 1.